The molecule has 0 spiro atoms. The van der Waals surface area contributed by atoms with Crippen LogP contribution in [0.2, 0.25) is 0 Å². The first-order valence-electron chi connectivity index (χ1n) is 6.38. The molecule has 1 fully saturated rings. The van der Waals surface area contributed by atoms with E-state index in [0.29, 0.717) is 6.04 Å². The average molecular weight is 273 g/mol. The minimum atomic E-state index is -0.0873. The molecule has 1 aliphatic heterocycles. The van der Waals surface area contributed by atoms with E-state index < -0.39 is 0 Å². The van der Waals surface area contributed by atoms with E-state index in [2.05, 4.69) is 17.1 Å². The van der Waals surface area contributed by atoms with Gasteiger partial charge in [0.1, 0.15) is 5.82 Å². The van der Waals surface area contributed by atoms with Crippen LogP contribution >= 0.6 is 12.4 Å². The number of nitrogens with zero attached hydrogens (tertiary/aromatic N) is 1. The Morgan fingerprint density at radius 2 is 1.89 bits per heavy atom. The number of halogens is 2. The predicted octanol–water partition coefficient (Wildman–Crippen LogP) is 2.99. The van der Waals surface area contributed by atoms with E-state index in [1.807, 2.05) is 19.2 Å². The normalized spacial score (nSPS) is 19.3. The van der Waals surface area contributed by atoms with E-state index in [4.69, 9.17) is 0 Å². The SMILES string of the molecule is CNC1CCN(C(C)c2ccccc2F)CC1.Cl. The van der Waals surface area contributed by atoms with Gasteiger partial charge in [-0.2, -0.15) is 0 Å². The maximum absolute atomic E-state index is 13.7. The number of likely N-dealkylation sites (tertiary alicyclic amines) is 1. The summed E-state index contributed by atoms with van der Waals surface area (Å²) in [4.78, 5) is 2.37. The van der Waals surface area contributed by atoms with Crippen molar-refractivity contribution in [1.82, 2.24) is 10.2 Å². The van der Waals surface area contributed by atoms with Crippen LogP contribution in [-0.2, 0) is 0 Å². The summed E-state index contributed by atoms with van der Waals surface area (Å²) in [5, 5.41) is 3.31. The van der Waals surface area contributed by atoms with E-state index in [1.54, 1.807) is 12.1 Å². The van der Waals surface area contributed by atoms with Crippen molar-refractivity contribution in [2.45, 2.75) is 31.8 Å². The lowest BCUT2D eigenvalue weighted by Gasteiger charge is -2.36. The average Bonchev–Trinajstić information content (AvgIpc) is 2.39. The summed E-state index contributed by atoms with van der Waals surface area (Å²) in [5.74, 6) is -0.0873. The van der Waals surface area contributed by atoms with Crippen LogP contribution < -0.4 is 5.32 Å². The summed E-state index contributed by atoms with van der Waals surface area (Å²) in [7, 11) is 2.01. The van der Waals surface area contributed by atoms with Crippen LogP contribution in [0.1, 0.15) is 31.4 Å². The Labute approximate surface area is 115 Å². The van der Waals surface area contributed by atoms with Crippen molar-refractivity contribution in [2.75, 3.05) is 20.1 Å². The quantitative estimate of drug-likeness (QED) is 0.910. The number of rotatable bonds is 3. The van der Waals surface area contributed by atoms with Crippen molar-refractivity contribution in [3.05, 3.63) is 35.6 Å². The Balaban J connectivity index is 0.00000162. The maximum Gasteiger partial charge on any atom is 0.127 e. The fraction of sp³-hybridized carbons (Fsp3) is 0.571. The molecule has 2 rings (SSSR count). The highest BCUT2D eigenvalue weighted by Gasteiger charge is 2.23. The van der Waals surface area contributed by atoms with Crippen LogP contribution in [0.25, 0.3) is 0 Å². The van der Waals surface area contributed by atoms with Crippen molar-refractivity contribution in [1.29, 1.82) is 0 Å². The molecule has 1 atom stereocenters. The molecule has 1 heterocycles. The van der Waals surface area contributed by atoms with E-state index >= 15 is 0 Å². The van der Waals surface area contributed by atoms with Gasteiger partial charge >= 0.3 is 0 Å². The van der Waals surface area contributed by atoms with Gasteiger partial charge in [0.25, 0.3) is 0 Å². The van der Waals surface area contributed by atoms with Gasteiger partial charge in [-0.05, 0) is 32.9 Å². The fourth-order valence-corrected chi connectivity index (χ4v) is 2.59. The molecule has 18 heavy (non-hydrogen) atoms. The zero-order valence-electron chi connectivity index (χ0n) is 11.0. The molecule has 1 saturated heterocycles. The van der Waals surface area contributed by atoms with E-state index in [-0.39, 0.29) is 24.3 Å². The first kappa shape index (κ1) is 15.4. The molecular formula is C14H22ClFN2. The smallest absolute Gasteiger partial charge is 0.127 e. The number of hydrogen-bond acceptors (Lipinski definition) is 2. The summed E-state index contributed by atoms with van der Waals surface area (Å²) in [6.07, 6.45) is 2.30. The van der Waals surface area contributed by atoms with Crippen LogP contribution in [0.5, 0.6) is 0 Å². The van der Waals surface area contributed by atoms with Crippen LogP contribution in [-0.4, -0.2) is 31.1 Å². The lowest BCUT2D eigenvalue weighted by molar-refractivity contribution is 0.153. The Kier molecular flexibility index (Phi) is 6.06. The maximum atomic E-state index is 13.7. The first-order chi connectivity index (χ1) is 8.22. The standard InChI is InChI=1S/C14H21FN2.ClH/c1-11(13-5-3-4-6-14(13)15)17-9-7-12(16-2)8-10-17;/h3-6,11-12,16H,7-10H2,1-2H3;1H. The summed E-state index contributed by atoms with van der Waals surface area (Å²) < 4.78 is 13.7. The molecule has 0 aliphatic carbocycles. The van der Waals surface area contributed by atoms with Gasteiger partial charge < -0.3 is 5.32 Å². The topological polar surface area (TPSA) is 15.3 Å². The molecule has 0 radical (unpaired) electrons. The van der Waals surface area contributed by atoms with Gasteiger partial charge in [-0.1, -0.05) is 18.2 Å². The number of piperidine rings is 1. The molecule has 1 aliphatic rings. The highest BCUT2D eigenvalue weighted by Crippen LogP contribution is 2.25. The fourth-order valence-electron chi connectivity index (χ4n) is 2.59. The minimum Gasteiger partial charge on any atom is -0.317 e. The summed E-state index contributed by atoms with van der Waals surface area (Å²) in [5.41, 5.74) is 0.815. The zero-order chi connectivity index (χ0) is 12.3. The van der Waals surface area contributed by atoms with Crippen molar-refractivity contribution in [3.8, 4) is 0 Å². The molecule has 102 valence electrons. The van der Waals surface area contributed by atoms with Crippen molar-refractivity contribution < 1.29 is 4.39 Å². The molecule has 1 N–H and O–H groups in total. The molecule has 0 saturated carbocycles. The first-order valence-corrected chi connectivity index (χ1v) is 6.38. The molecule has 0 bridgehead atoms. The van der Waals surface area contributed by atoms with Crippen LogP contribution in [0.3, 0.4) is 0 Å². The van der Waals surface area contributed by atoms with Gasteiger partial charge in [0.05, 0.1) is 0 Å². The van der Waals surface area contributed by atoms with Gasteiger partial charge in [-0.25, -0.2) is 4.39 Å². The third kappa shape index (κ3) is 3.44. The highest BCUT2D eigenvalue weighted by atomic mass is 35.5. The molecule has 0 aromatic heterocycles. The molecule has 4 heteroatoms. The van der Waals surface area contributed by atoms with E-state index in [0.717, 1.165) is 31.5 Å². The molecule has 1 aromatic rings. The predicted molar refractivity (Wildman–Crippen MR) is 75.7 cm³/mol. The molecule has 1 unspecified atom stereocenters. The Morgan fingerprint density at radius 1 is 1.28 bits per heavy atom. The van der Waals surface area contributed by atoms with Crippen LogP contribution in [0, 0.1) is 5.82 Å². The third-order valence-corrected chi connectivity index (χ3v) is 3.84. The van der Waals surface area contributed by atoms with Gasteiger partial charge in [-0.3, -0.25) is 4.90 Å². The minimum absolute atomic E-state index is 0. The lowest BCUT2D eigenvalue weighted by atomic mass is 10.00. The van der Waals surface area contributed by atoms with E-state index in [1.165, 1.54) is 0 Å². The number of hydrogen-bond donors (Lipinski definition) is 1. The monoisotopic (exact) mass is 272 g/mol. The summed E-state index contributed by atoms with van der Waals surface area (Å²) in [6, 6.07) is 7.90. The van der Waals surface area contributed by atoms with Gasteiger partial charge in [0.15, 0.2) is 0 Å². The van der Waals surface area contributed by atoms with Gasteiger partial charge in [-0.15, -0.1) is 12.4 Å². The molecule has 1 aromatic carbocycles. The second-order valence-corrected chi connectivity index (χ2v) is 4.80. The Bertz CT molecular complexity index is 365. The van der Waals surface area contributed by atoms with Gasteiger partial charge in [0.2, 0.25) is 0 Å². The van der Waals surface area contributed by atoms with Crippen molar-refractivity contribution in [2.24, 2.45) is 0 Å². The van der Waals surface area contributed by atoms with Crippen molar-refractivity contribution in [3.63, 3.8) is 0 Å². The third-order valence-electron chi connectivity index (χ3n) is 3.84. The molecule has 2 nitrogen and oxygen atoms in total. The Hall–Kier alpha value is -0.640. The summed E-state index contributed by atoms with van der Waals surface area (Å²) >= 11 is 0. The zero-order valence-corrected chi connectivity index (χ0v) is 11.8. The van der Waals surface area contributed by atoms with Crippen LogP contribution in [0.4, 0.5) is 4.39 Å². The molecule has 0 amide bonds. The second-order valence-electron chi connectivity index (χ2n) is 4.80. The second kappa shape index (κ2) is 7.07. The van der Waals surface area contributed by atoms with Crippen molar-refractivity contribution >= 4 is 12.4 Å². The largest absolute Gasteiger partial charge is 0.317 e. The molecular weight excluding hydrogens is 251 g/mol. The highest BCUT2D eigenvalue weighted by molar-refractivity contribution is 5.85. The number of nitrogens with one attached hydrogen (secondary N) is 1. The Morgan fingerprint density at radius 3 is 2.44 bits per heavy atom. The summed E-state index contributed by atoms with van der Waals surface area (Å²) in [6.45, 7) is 4.18. The van der Waals surface area contributed by atoms with E-state index in [9.17, 15) is 4.39 Å². The number of benzene rings is 1. The van der Waals surface area contributed by atoms with Gasteiger partial charge in [0, 0.05) is 30.7 Å². The van der Waals surface area contributed by atoms with Crippen LogP contribution in [0.15, 0.2) is 24.3 Å². The lowest BCUT2D eigenvalue weighted by Crippen LogP contribution is -2.42.